The van der Waals surface area contributed by atoms with Crippen LogP contribution < -0.4 is 10.1 Å². The molecule has 0 radical (unpaired) electrons. The molecule has 2 rings (SSSR count). The van der Waals surface area contributed by atoms with E-state index >= 15 is 0 Å². The van der Waals surface area contributed by atoms with Gasteiger partial charge in [0.25, 0.3) is 0 Å². The molecule has 128 valence electrons. The Morgan fingerprint density at radius 2 is 1.83 bits per heavy atom. The number of methoxy groups -OCH3 is 2. The third-order valence-electron chi connectivity index (χ3n) is 3.83. The van der Waals surface area contributed by atoms with Crippen molar-refractivity contribution in [1.29, 1.82) is 0 Å². The lowest BCUT2D eigenvalue weighted by molar-refractivity contribution is -0.121. The number of hydrogen-bond donors (Lipinski definition) is 1. The number of aryl methyl sites for hydroxylation is 1. The summed E-state index contributed by atoms with van der Waals surface area (Å²) in [6.45, 7) is 0.326. The first-order valence-corrected chi connectivity index (χ1v) is 7.81. The monoisotopic (exact) mass is 331 g/mol. The first-order chi connectivity index (χ1) is 11.7. The highest BCUT2D eigenvalue weighted by Crippen LogP contribution is 2.26. The van der Waals surface area contributed by atoms with Crippen LogP contribution in [0.15, 0.2) is 48.5 Å². The van der Waals surface area contributed by atoms with Gasteiger partial charge in [-0.25, -0.2) is 4.39 Å². The van der Waals surface area contributed by atoms with E-state index in [0.29, 0.717) is 24.3 Å². The van der Waals surface area contributed by atoms with Crippen molar-refractivity contribution in [3.63, 3.8) is 0 Å². The Labute approximate surface area is 141 Å². The van der Waals surface area contributed by atoms with Gasteiger partial charge < -0.3 is 14.8 Å². The molecule has 1 amide bonds. The number of para-hydroxylation sites is 1. The van der Waals surface area contributed by atoms with E-state index in [-0.39, 0.29) is 24.2 Å². The number of carbonyl (C=O) groups is 1. The van der Waals surface area contributed by atoms with Crippen LogP contribution in [0.1, 0.15) is 23.7 Å². The van der Waals surface area contributed by atoms with Crippen molar-refractivity contribution in [1.82, 2.24) is 5.32 Å². The maximum absolute atomic E-state index is 13.5. The number of nitrogens with one attached hydrogen (secondary N) is 1. The molecule has 2 aromatic carbocycles. The lowest BCUT2D eigenvalue weighted by atomic mass is 10.1. The highest BCUT2D eigenvalue weighted by Gasteiger charge is 2.16. The van der Waals surface area contributed by atoms with Crippen LogP contribution >= 0.6 is 0 Å². The summed E-state index contributed by atoms with van der Waals surface area (Å²) in [5.41, 5.74) is 1.41. The molecule has 0 fully saturated rings. The van der Waals surface area contributed by atoms with Gasteiger partial charge in [0.1, 0.15) is 17.7 Å². The summed E-state index contributed by atoms with van der Waals surface area (Å²) in [4.78, 5) is 12.0. The zero-order chi connectivity index (χ0) is 17.4. The summed E-state index contributed by atoms with van der Waals surface area (Å²) in [6.07, 6.45) is 0.284. The van der Waals surface area contributed by atoms with Crippen molar-refractivity contribution in [3.8, 4) is 5.75 Å². The topological polar surface area (TPSA) is 47.6 Å². The Balaban J connectivity index is 1.89. The minimum Gasteiger partial charge on any atom is -0.496 e. The number of rotatable bonds is 8. The predicted octanol–water partition coefficient (Wildman–Crippen LogP) is 3.27. The fourth-order valence-corrected chi connectivity index (χ4v) is 2.50. The van der Waals surface area contributed by atoms with Crippen LogP contribution in [0.25, 0.3) is 0 Å². The van der Waals surface area contributed by atoms with Gasteiger partial charge in [-0.3, -0.25) is 4.79 Å². The molecule has 0 saturated carbocycles. The van der Waals surface area contributed by atoms with Gasteiger partial charge in [0.15, 0.2) is 0 Å². The van der Waals surface area contributed by atoms with Gasteiger partial charge in [0.05, 0.1) is 7.11 Å². The smallest absolute Gasteiger partial charge is 0.220 e. The largest absolute Gasteiger partial charge is 0.496 e. The summed E-state index contributed by atoms with van der Waals surface area (Å²) < 4.78 is 24.3. The molecular formula is C19H22FNO3. The third kappa shape index (κ3) is 4.80. The zero-order valence-electron chi connectivity index (χ0n) is 13.9. The predicted molar refractivity (Wildman–Crippen MR) is 90.5 cm³/mol. The van der Waals surface area contributed by atoms with Gasteiger partial charge in [-0.2, -0.15) is 0 Å². The van der Waals surface area contributed by atoms with E-state index in [0.717, 1.165) is 5.56 Å². The Kier molecular flexibility index (Phi) is 6.75. The summed E-state index contributed by atoms with van der Waals surface area (Å²) in [5.74, 6) is 0.286. The molecule has 0 spiro atoms. The molecule has 5 heteroatoms. The molecular weight excluding hydrogens is 309 g/mol. The van der Waals surface area contributed by atoms with Crippen LogP contribution in [-0.2, 0) is 16.0 Å². The van der Waals surface area contributed by atoms with E-state index < -0.39 is 0 Å². The molecule has 2 aromatic rings. The number of carbonyl (C=O) groups excluding carboxylic acids is 1. The van der Waals surface area contributed by atoms with Crippen molar-refractivity contribution in [2.75, 3.05) is 20.8 Å². The number of hydrogen-bond acceptors (Lipinski definition) is 3. The van der Waals surface area contributed by atoms with Crippen molar-refractivity contribution in [2.45, 2.75) is 18.9 Å². The van der Waals surface area contributed by atoms with E-state index in [1.807, 2.05) is 24.3 Å². The van der Waals surface area contributed by atoms with Crippen LogP contribution in [0.5, 0.6) is 5.75 Å². The minimum atomic E-state index is -0.307. The number of halogens is 1. The summed E-state index contributed by atoms with van der Waals surface area (Å²) in [5, 5.41) is 2.83. The number of benzene rings is 2. The van der Waals surface area contributed by atoms with Crippen molar-refractivity contribution < 1.29 is 18.7 Å². The van der Waals surface area contributed by atoms with Crippen LogP contribution in [0.3, 0.4) is 0 Å². The lowest BCUT2D eigenvalue weighted by Crippen LogP contribution is -2.29. The van der Waals surface area contributed by atoms with Crippen molar-refractivity contribution >= 4 is 5.91 Å². The molecule has 0 aliphatic heterocycles. The standard InChI is InChI=1S/C19H22FNO3/c1-23-17-10-6-4-8-15(17)18(24-2)13-21-19(22)12-11-14-7-3-5-9-16(14)20/h3-10,18H,11-13H2,1-2H3,(H,21,22)/t18-/m0/s1. The molecule has 0 heterocycles. The fraction of sp³-hybridized carbons (Fsp3) is 0.316. The number of ether oxygens (including phenoxy) is 2. The molecule has 0 unspecified atom stereocenters. The summed E-state index contributed by atoms with van der Waals surface area (Å²) in [7, 11) is 3.18. The number of amides is 1. The fourth-order valence-electron chi connectivity index (χ4n) is 2.50. The van der Waals surface area contributed by atoms with E-state index in [4.69, 9.17) is 9.47 Å². The molecule has 0 aliphatic carbocycles. The highest BCUT2D eigenvalue weighted by molar-refractivity contribution is 5.76. The van der Waals surface area contributed by atoms with Crippen LogP contribution in [0.2, 0.25) is 0 Å². The molecule has 4 nitrogen and oxygen atoms in total. The summed E-state index contributed by atoms with van der Waals surface area (Å²) in [6, 6.07) is 14.0. The Morgan fingerprint density at radius 1 is 1.12 bits per heavy atom. The first kappa shape index (κ1) is 17.9. The maximum atomic E-state index is 13.5. The Morgan fingerprint density at radius 3 is 2.54 bits per heavy atom. The van der Waals surface area contributed by atoms with Crippen LogP contribution in [0, 0.1) is 5.82 Å². The third-order valence-corrected chi connectivity index (χ3v) is 3.83. The van der Waals surface area contributed by atoms with Gasteiger partial charge in [0.2, 0.25) is 5.91 Å². The maximum Gasteiger partial charge on any atom is 0.220 e. The lowest BCUT2D eigenvalue weighted by Gasteiger charge is -2.19. The Bertz CT molecular complexity index is 675. The quantitative estimate of drug-likeness (QED) is 0.807. The van der Waals surface area contributed by atoms with Gasteiger partial charge >= 0.3 is 0 Å². The van der Waals surface area contributed by atoms with Crippen molar-refractivity contribution in [3.05, 3.63) is 65.5 Å². The molecule has 1 N–H and O–H groups in total. The minimum absolute atomic E-state index is 0.143. The van der Waals surface area contributed by atoms with Gasteiger partial charge in [0, 0.05) is 25.6 Å². The Hall–Kier alpha value is -2.40. The second-order valence-corrected chi connectivity index (χ2v) is 5.36. The molecule has 0 aliphatic rings. The van der Waals surface area contributed by atoms with E-state index in [1.165, 1.54) is 6.07 Å². The van der Waals surface area contributed by atoms with Crippen LogP contribution in [-0.4, -0.2) is 26.7 Å². The second-order valence-electron chi connectivity index (χ2n) is 5.36. The first-order valence-electron chi connectivity index (χ1n) is 7.81. The normalized spacial score (nSPS) is 11.8. The SMILES string of the molecule is COc1ccccc1[C@H](CNC(=O)CCc1ccccc1F)OC. The van der Waals surface area contributed by atoms with Gasteiger partial charge in [-0.1, -0.05) is 36.4 Å². The molecule has 0 bridgehead atoms. The zero-order valence-corrected chi connectivity index (χ0v) is 13.9. The second kappa shape index (κ2) is 9.03. The van der Waals surface area contributed by atoms with Gasteiger partial charge in [-0.15, -0.1) is 0 Å². The van der Waals surface area contributed by atoms with Crippen LogP contribution in [0.4, 0.5) is 4.39 Å². The molecule has 0 aromatic heterocycles. The van der Waals surface area contributed by atoms with E-state index in [2.05, 4.69) is 5.32 Å². The molecule has 0 saturated heterocycles. The average molecular weight is 331 g/mol. The highest BCUT2D eigenvalue weighted by atomic mass is 19.1. The molecule has 24 heavy (non-hydrogen) atoms. The van der Waals surface area contributed by atoms with Gasteiger partial charge in [-0.05, 0) is 24.1 Å². The van der Waals surface area contributed by atoms with Crippen molar-refractivity contribution in [2.24, 2.45) is 0 Å². The summed E-state index contributed by atoms with van der Waals surface area (Å²) >= 11 is 0. The van der Waals surface area contributed by atoms with E-state index in [9.17, 15) is 9.18 Å². The van der Waals surface area contributed by atoms with E-state index in [1.54, 1.807) is 32.4 Å². The average Bonchev–Trinajstić information content (AvgIpc) is 2.62. The molecule has 1 atom stereocenters.